The fourth-order valence-electron chi connectivity index (χ4n) is 1.53. The molecule has 0 bridgehead atoms. The van der Waals surface area contributed by atoms with E-state index in [4.69, 9.17) is 4.74 Å². The van der Waals surface area contributed by atoms with Crippen LogP contribution in [0.5, 0.6) is 0 Å². The van der Waals surface area contributed by atoms with Gasteiger partial charge in [0.2, 0.25) is 0 Å². The van der Waals surface area contributed by atoms with Gasteiger partial charge < -0.3 is 4.74 Å². The predicted octanol–water partition coefficient (Wildman–Crippen LogP) is 2.28. The van der Waals surface area contributed by atoms with E-state index in [9.17, 15) is 0 Å². The Hall–Kier alpha value is -0.380. The Bertz CT molecular complexity index is 312. The molecule has 1 aliphatic rings. The number of epoxide rings is 1. The highest BCUT2D eigenvalue weighted by atomic mass is 79.9. The standard InChI is InChI=1S/C11H14BrNO/c1-13(7-11-8-14-11)6-9-3-2-4-10(12)5-9/h2-5,11H,6-8H2,1H3. The number of likely N-dealkylation sites (N-methyl/N-ethyl adjacent to an activating group) is 1. The smallest absolute Gasteiger partial charge is 0.0936 e. The van der Waals surface area contributed by atoms with Crippen molar-refractivity contribution in [2.75, 3.05) is 20.2 Å². The molecule has 0 aliphatic carbocycles. The van der Waals surface area contributed by atoms with Crippen LogP contribution in [0, 0.1) is 0 Å². The van der Waals surface area contributed by atoms with Gasteiger partial charge in [0.25, 0.3) is 0 Å². The van der Waals surface area contributed by atoms with E-state index >= 15 is 0 Å². The molecule has 1 saturated heterocycles. The van der Waals surface area contributed by atoms with Gasteiger partial charge in [0.15, 0.2) is 0 Å². The second-order valence-electron chi connectivity index (χ2n) is 3.78. The molecule has 1 atom stereocenters. The van der Waals surface area contributed by atoms with Gasteiger partial charge in [-0.15, -0.1) is 0 Å². The second kappa shape index (κ2) is 4.43. The molecule has 1 fully saturated rings. The summed E-state index contributed by atoms with van der Waals surface area (Å²) in [5.74, 6) is 0. The Morgan fingerprint density at radius 3 is 3.00 bits per heavy atom. The van der Waals surface area contributed by atoms with Gasteiger partial charge in [0, 0.05) is 17.6 Å². The Morgan fingerprint density at radius 2 is 2.36 bits per heavy atom. The van der Waals surface area contributed by atoms with Crippen molar-refractivity contribution >= 4 is 15.9 Å². The first kappa shape index (κ1) is 10.1. The summed E-state index contributed by atoms with van der Waals surface area (Å²) < 4.78 is 6.33. The fraction of sp³-hybridized carbons (Fsp3) is 0.455. The second-order valence-corrected chi connectivity index (χ2v) is 4.70. The summed E-state index contributed by atoms with van der Waals surface area (Å²) in [6.45, 7) is 2.95. The number of halogens is 1. The highest BCUT2D eigenvalue weighted by molar-refractivity contribution is 9.10. The van der Waals surface area contributed by atoms with Crippen LogP contribution in [0.2, 0.25) is 0 Å². The zero-order valence-corrected chi connectivity index (χ0v) is 9.83. The molecule has 1 aromatic carbocycles. The molecule has 76 valence electrons. The van der Waals surface area contributed by atoms with Crippen molar-refractivity contribution in [1.82, 2.24) is 4.90 Å². The minimum Gasteiger partial charge on any atom is -0.372 e. The molecule has 1 heterocycles. The first-order valence-corrected chi connectivity index (χ1v) is 5.58. The molecule has 14 heavy (non-hydrogen) atoms. The van der Waals surface area contributed by atoms with Gasteiger partial charge in [-0.05, 0) is 24.7 Å². The molecule has 0 saturated carbocycles. The highest BCUT2D eigenvalue weighted by Crippen LogP contribution is 2.15. The van der Waals surface area contributed by atoms with Crippen LogP contribution in [-0.2, 0) is 11.3 Å². The van der Waals surface area contributed by atoms with Gasteiger partial charge in [-0.1, -0.05) is 28.1 Å². The molecule has 0 aromatic heterocycles. The monoisotopic (exact) mass is 255 g/mol. The average molecular weight is 256 g/mol. The lowest BCUT2D eigenvalue weighted by Crippen LogP contribution is -2.22. The molecule has 0 radical (unpaired) electrons. The minimum atomic E-state index is 0.479. The van der Waals surface area contributed by atoms with E-state index in [0.717, 1.165) is 24.2 Å². The van der Waals surface area contributed by atoms with Crippen LogP contribution >= 0.6 is 15.9 Å². The molecule has 1 aliphatic heterocycles. The lowest BCUT2D eigenvalue weighted by atomic mass is 10.2. The molecule has 3 heteroatoms. The van der Waals surface area contributed by atoms with E-state index in [-0.39, 0.29) is 0 Å². The first-order valence-electron chi connectivity index (χ1n) is 4.78. The first-order chi connectivity index (χ1) is 6.74. The van der Waals surface area contributed by atoms with Gasteiger partial charge in [0.1, 0.15) is 0 Å². The van der Waals surface area contributed by atoms with Crippen LogP contribution in [0.1, 0.15) is 5.56 Å². The molecule has 1 aromatic rings. The third kappa shape index (κ3) is 3.08. The zero-order valence-electron chi connectivity index (χ0n) is 8.24. The van der Waals surface area contributed by atoms with Gasteiger partial charge in [-0.3, -0.25) is 4.90 Å². The minimum absolute atomic E-state index is 0.479. The van der Waals surface area contributed by atoms with Crippen LogP contribution < -0.4 is 0 Å². The normalized spacial score (nSPS) is 20.1. The highest BCUT2D eigenvalue weighted by Gasteiger charge is 2.23. The molecule has 1 unspecified atom stereocenters. The summed E-state index contributed by atoms with van der Waals surface area (Å²) in [5, 5.41) is 0. The quantitative estimate of drug-likeness (QED) is 0.768. The van der Waals surface area contributed by atoms with Crippen LogP contribution in [0.4, 0.5) is 0 Å². The van der Waals surface area contributed by atoms with E-state index in [2.05, 4.69) is 46.1 Å². The molecule has 0 N–H and O–H groups in total. The Labute approximate surface area is 93.0 Å². The van der Waals surface area contributed by atoms with E-state index in [1.807, 2.05) is 6.07 Å². The number of hydrogen-bond acceptors (Lipinski definition) is 2. The van der Waals surface area contributed by atoms with E-state index in [1.54, 1.807) is 0 Å². The number of nitrogens with zero attached hydrogens (tertiary/aromatic N) is 1. The van der Waals surface area contributed by atoms with Crippen LogP contribution in [0.15, 0.2) is 28.7 Å². The van der Waals surface area contributed by atoms with Gasteiger partial charge in [-0.25, -0.2) is 0 Å². The van der Waals surface area contributed by atoms with E-state index in [0.29, 0.717) is 6.10 Å². The van der Waals surface area contributed by atoms with Gasteiger partial charge in [-0.2, -0.15) is 0 Å². The molecule has 0 spiro atoms. The van der Waals surface area contributed by atoms with Crippen molar-refractivity contribution in [2.45, 2.75) is 12.6 Å². The van der Waals surface area contributed by atoms with Crippen LogP contribution in [-0.4, -0.2) is 31.2 Å². The third-order valence-electron chi connectivity index (χ3n) is 2.26. The Balaban J connectivity index is 1.88. The largest absolute Gasteiger partial charge is 0.372 e. The number of ether oxygens (including phenoxy) is 1. The number of hydrogen-bond donors (Lipinski definition) is 0. The molecular weight excluding hydrogens is 242 g/mol. The van der Waals surface area contributed by atoms with Crippen molar-refractivity contribution in [3.8, 4) is 0 Å². The van der Waals surface area contributed by atoms with E-state index in [1.165, 1.54) is 5.56 Å². The summed E-state index contributed by atoms with van der Waals surface area (Å²) in [6, 6.07) is 8.42. The van der Waals surface area contributed by atoms with Gasteiger partial charge in [0.05, 0.1) is 12.7 Å². The Kier molecular flexibility index (Phi) is 3.21. The summed E-state index contributed by atoms with van der Waals surface area (Å²) in [4.78, 5) is 2.29. The third-order valence-corrected chi connectivity index (χ3v) is 2.75. The lowest BCUT2D eigenvalue weighted by Gasteiger charge is -2.15. The lowest BCUT2D eigenvalue weighted by molar-refractivity contribution is 0.278. The van der Waals surface area contributed by atoms with Crippen molar-refractivity contribution < 1.29 is 4.74 Å². The summed E-state index contributed by atoms with van der Waals surface area (Å²) in [5.41, 5.74) is 1.34. The fourth-order valence-corrected chi connectivity index (χ4v) is 1.98. The van der Waals surface area contributed by atoms with Crippen molar-refractivity contribution in [3.05, 3.63) is 34.3 Å². The molecule has 2 rings (SSSR count). The Morgan fingerprint density at radius 1 is 1.57 bits per heavy atom. The van der Waals surface area contributed by atoms with Crippen LogP contribution in [0.3, 0.4) is 0 Å². The van der Waals surface area contributed by atoms with Crippen molar-refractivity contribution in [3.63, 3.8) is 0 Å². The molecule has 0 amide bonds. The topological polar surface area (TPSA) is 15.8 Å². The number of benzene rings is 1. The summed E-state index contributed by atoms with van der Waals surface area (Å²) in [6.07, 6.45) is 0.479. The summed E-state index contributed by atoms with van der Waals surface area (Å²) in [7, 11) is 2.13. The maximum absolute atomic E-state index is 5.19. The van der Waals surface area contributed by atoms with Crippen LogP contribution in [0.25, 0.3) is 0 Å². The molecular formula is C11H14BrNO. The molecule has 2 nitrogen and oxygen atoms in total. The number of rotatable bonds is 4. The zero-order chi connectivity index (χ0) is 9.97. The van der Waals surface area contributed by atoms with E-state index < -0.39 is 0 Å². The predicted molar refractivity (Wildman–Crippen MR) is 60.2 cm³/mol. The average Bonchev–Trinajstić information content (AvgIpc) is 2.87. The van der Waals surface area contributed by atoms with Crippen molar-refractivity contribution in [1.29, 1.82) is 0 Å². The maximum atomic E-state index is 5.19. The van der Waals surface area contributed by atoms with Crippen molar-refractivity contribution in [2.24, 2.45) is 0 Å². The SMILES string of the molecule is CN(Cc1cccc(Br)c1)CC1CO1. The van der Waals surface area contributed by atoms with Gasteiger partial charge >= 0.3 is 0 Å². The maximum Gasteiger partial charge on any atom is 0.0936 e. The summed E-state index contributed by atoms with van der Waals surface area (Å²) >= 11 is 3.47.